The monoisotopic (exact) mass is 227 g/mol. The van der Waals surface area contributed by atoms with Gasteiger partial charge < -0.3 is 10.0 Å². The summed E-state index contributed by atoms with van der Waals surface area (Å²) in [5, 5.41) is 31.8. The van der Waals surface area contributed by atoms with Crippen LogP contribution in [-0.4, -0.2) is 26.9 Å². The summed E-state index contributed by atoms with van der Waals surface area (Å²) in [5.74, 6) is 0. The minimum atomic E-state index is -1.64. The van der Waals surface area contributed by atoms with Crippen molar-refractivity contribution < 1.29 is 10.0 Å². The Morgan fingerprint density at radius 2 is 2.18 bits per heavy atom. The summed E-state index contributed by atoms with van der Waals surface area (Å²) in [4.78, 5) is 0. The van der Waals surface area contributed by atoms with Gasteiger partial charge in [0, 0.05) is 17.9 Å². The van der Waals surface area contributed by atoms with Crippen molar-refractivity contribution in [1.29, 1.82) is 5.26 Å². The number of nitrogens with zero attached hydrogens (tertiary/aromatic N) is 3. The number of hydrogen-bond donors (Lipinski definition) is 2. The fourth-order valence-corrected chi connectivity index (χ4v) is 1.75. The van der Waals surface area contributed by atoms with Gasteiger partial charge in [-0.3, -0.25) is 0 Å². The van der Waals surface area contributed by atoms with Crippen molar-refractivity contribution in [3.63, 3.8) is 0 Å². The van der Waals surface area contributed by atoms with Crippen LogP contribution in [0.2, 0.25) is 0 Å². The quantitative estimate of drug-likeness (QED) is 0.692. The first-order valence-corrected chi connectivity index (χ1v) is 5.04. The molecule has 0 fully saturated rings. The van der Waals surface area contributed by atoms with Crippen molar-refractivity contribution in [2.75, 3.05) is 0 Å². The number of hydrogen-bond acceptors (Lipinski definition) is 4. The van der Waals surface area contributed by atoms with Crippen LogP contribution in [0, 0.1) is 18.3 Å². The lowest BCUT2D eigenvalue weighted by Gasteiger charge is -2.12. The molecule has 0 saturated heterocycles. The van der Waals surface area contributed by atoms with Crippen molar-refractivity contribution >= 4 is 12.6 Å². The second-order valence-corrected chi connectivity index (χ2v) is 3.69. The van der Waals surface area contributed by atoms with Crippen molar-refractivity contribution in [3.8, 4) is 11.8 Å². The Kier molecular flexibility index (Phi) is 2.96. The minimum Gasteiger partial charge on any atom is -0.423 e. The summed E-state index contributed by atoms with van der Waals surface area (Å²) >= 11 is 0. The lowest BCUT2D eigenvalue weighted by atomic mass is 9.77. The SMILES string of the molecule is Cc1cc(C#N)c(-n2cccn2)c(B(O)O)c1. The fourth-order valence-electron chi connectivity index (χ4n) is 1.75. The van der Waals surface area contributed by atoms with E-state index < -0.39 is 7.12 Å². The molecule has 6 heteroatoms. The molecule has 0 unspecified atom stereocenters. The highest BCUT2D eigenvalue weighted by Crippen LogP contribution is 2.13. The summed E-state index contributed by atoms with van der Waals surface area (Å²) in [7, 11) is -1.64. The number of rotatable bonds is 2. The van der Waals surface area contributed by atoms with Crippen LogP contribution in [-0.2, 0) is 0 Å². The molecule has 0 radical (unpaired) electrons. The van der Waals surface area contributed by atoms with E-state index in [1.165, 1.54) is 4.68 Å². The molecule has 0 amide bonds. The number of aromatic nitrogens is 2. The van der Waals surface area contributed by atoms with Gasteiger partial charge in [0.2, 0.25) is 0 Å². The molecule has 0 saturated carbocycles. The Hall–Kier alpha value is -2.10. The molecular weight excluding hydrogens is 217 g/mol. The average molecular weight is 227 g/mol. The fraction of sp³-hybridized carbons (Fsp3) is 0.0909. The van der Waals surface area contributed by atoms with Gasteiger partial charge in [-0.05, 0) is 19.1 Å². The van der Waals surface area contributed by atoms with Gasteiger partial charge in [-0.2, -0.15) is 10.4 Å². The van der Waals surface area contributed by atoms with Gasteiger partial charge in [-0.25, -0.2) is 4.68 Å². The van der Waals surface area contributed by atoms with Crippen LogP contribution >= 0.6 is 0 Å². The molecule has 0 atom stereocenters. The standard InChI is InChI=1S/C11H10BN3O2/c1-8-5-9(7-13)11(10(6-8)12(16)17)15-4-2-3-14-15/h2-6,16-17H,1H3. The van der Waals surface area contributed by atoms with E-state index in [-0.39, 0.29) is 5.46 Å². The van der Waals surface area contributed by atoms with E-state index in [4.69, 9.17) is 5.26 Å². The Morgan fingerprint density at radius 3 is 2.71 bits per heavy atom. The van der Waals surface area contributed by atoms with E-state index in [1.54, 1.807) is 37.5 Å². The highest BCUT2D eigenvalue weighted by molar-refractivity contribution is 6.60. The van der Waals surface area contributed by atoms with Crippen molar-refractivity contribution in [1.82, 2.24) is 9.78 Å². The first-order chi connectivity index (χ1) is 8.13. The molecular formula is C11H10BN3O2. The van der Waals surface area contributed by atoms with Crippen LogP contribution in [0.15, 0.2) is 30.6 Å². The van der Waals surface area contributed by atoms with Gasteiger partial charge in [0.25, 0.3) is 0 Å². The maximum Gasteiger partial charge on any atom is 0.490 e. The zero-order valence-corrected chi connectivity index (χ0v) is 9.20. The molecule has 0 bridgehead atoms. The topological polar surface area (TPSA) is 82.1 Å². The predicted octanol–water partition coefficient (Wildman–Crippen LogP) is -0.268. The summed E-state index contributed by atoms with van der Waals surface area (Å²) in [6, 6.07) is 7.05. The van der Waals surface area contributed by atoms with Gasteiger partial charge in [0.05, 0.1) is 11.3 Å². The molecule has 2 N–H and O–H groups in total. The van der Waals surface area contributed by atoms with Crippen molar-refractivity contribution in [2.45, 2.75) is 6.92 Å². The van der Waals surface area contributed by atoms with E-state index in [2.05, 4.69) is 5.10 Å². The van der Waals surface area contributed by atoms with E-state index in [0.29, 0.717) is 11.3 Å². The van der Waals surface area contributed by atoms with Crippen LogP contribution < -0.4 is 5.46 Å². The summed E-state index contributed by atoms with van der Waals surface area (Å²) in [6.45, 7) is 1.79. The zero-order chi connectivity index (χ0) is 12.4. The molecule has 2 rings (SSSR count). The molecule has 1 aromatic carbocycles. The Balaban J connectivity index is 2.75. The average Bonchev–Trinajstić information content (AvgIpc) is 2.80. The van der Waals surface area contributed by atoms with Crippen LogP contribution in [0.1, 0.15) is 11.1 Å². The maximum absolute atomic E-state index is 9.35. The zero-order valence-electron chi connectivity index (χ0n) is 9.20. The normalized spacial score (nSPS) is 10.0. The Morgan fingerprint density at radius 1 is 1.41 bits per heavy atom. The predicted molar refractivity (Wildman–Crippen MR) is 62.8 cm³/mol. The largest absolute Gasteiger partial charge is 0.490 e. The number of nitriles is 1. The third kappa shape index (κ3) is 2.06. The lowest BCUT2D eigenvalue weighted by Crippen LogP contribution is -2.34. The highest BCUT2D eigenvalue weighted by Gasteiger charge is 2.21. The molecule has 0 aliphatic carbocycles. The van der Waals surface area contributed by atoms with E-state index >= 15 is 0 Å². The van der Waals surface area contributed by atoms with Crippen LogP contribution in [0.4, 0.5) is 0 Å². The van der Waals surface area contributed by atoms with Crippen molar-refractivity contribution in [3.05, 3.63) is 41.7 Å². The molecule has 0 aliphatic heterocycles. The molecule has 0 aliphatic rings. The second-order valence-electron chi connectivity index (χ2n) is 3.69. The van der Waals surface area contributed by atoms with Gasteiger partial charge in [0.1, 0.15) is 6.07 Å². The third-order valence-electron chi connectivity index (χ3n) is 2.42. The summed E-state index contributed by atoms with van der Waals surface area (Å²) in [5.41, 5.74) is 1.82. The van der Waals surface area contributed by atoms with Gasteiger partial charge in [-0.1, -0.05) is 11.6 Å². The first kappa shape index (κ1) is 11.4. The smallest absolute Gasteiger partial charge is 0.423 e. The van der Waals surface area contributed by atoms with E-state index in [0.717, 1.165) is 5.56 Å². The minimum absolute atomic E-state index is 0.269. The van der Waals surface area contributed by atoms with Gasteiger partial charge in [-0.15, -0.1) is 0 Å². The Bertz CT molecular complexity index is 573. The maximum atomic E-state index is 9.35. The van der Waals surface area contributed by atoms with Gasteiger partial charge in [0.15, 0.2) is 0 Å². The third-order valence-corrected chi connectivity index (χ3v) is 2.42. The summed E-state index contributed by atoms with van der Waals surface area (Å²) < 4.78 is 1.45. The van der Waals surface area contributed by atoms with E-state index in [1.807, 2.05) is 6.07 Å². The Labute approximate surface area is 98.7 Å². The summed E-state index contributed by atoms with van der Waals surface area (Å²) in [6.07, 6.45) is 3.21. The van der Waals surface area contributed by atoms with Crippen LogP contribution in [0.3, 0.4) is 0 Å². The molecule has 5 nitrogen and oxygen atoms in total. The first-order valence-electron chi connectivity index (χ1n) is 5.04. The molecule has 1 heterocycles. The molecule has 2 aromatic rings. The molecule has 84 valence electrons. The molecule has 0 spiro atoms. The number of benzene rings is 1. The second kappa shape index (κ2) is 4.41. The molecule has 17 heavy (non-hydrogen) atoms. The van der Waals surface area contributed by atoms with Crippen LogP contribution in [0.5, 0.6) is 0 Å². The number of aryl methyl sites for hydroxylation is 1. The van der Waals surface area contributed by atoms with Gasteiger partial charge >= 0.3 is 7.12 Å². The van der Waals surface area contributed by atoms with Crippen LogP contribution in [0.25, 0.3) is 5.69 Å². The highest BCUT2D eigenvalue weighted by atomic mass is 16.4. The molecule has 1 aromatic heterocycles. The van der Waals surface area contributed by atoms with Crippen molar-refractivity contribution in [2.24, 2.45) is 0 Å². The lowest BCUT2D eigenvalue weighted by molar-refractivity contribution is 0.425. The van der Waals surface area contributed by atoms with E-state index in [9.17, 15) is 10.0 Å².